The van der Waals surface area contributed by atoms with Gasteiger partial charge in [0.2, 0.25) is 0 Å². The van der Waals surface area contributed by atoms with Crippen LogP contribution in [0, 0.1) is 27.7 Å². The topological polar surface area (TPSA) is 125 Å². The molecule has 0 fully saturated rings. The predicted octanol–water partition coefficient (Wildman–Crippen LogP) is 2.90. The van der Waals surface area contributed by atoms with Gasteiger partial charge in [0.1, 0.15) is 0 Å². The highest BCUT2D eigenvalue weighted by Crippen LogP contribution is 2.24. The molecule has 8 bridgehead atoms. The molecule has 9 heteroatoms. The normalized spacial score (nSPS) is 12.1. The lowest BCUT2D eigenvalue weighted by Gasteiger charge is -2.03. The molecular formula is C37H44N4O5. The number of aromatic nitrogens is 4. The van der Waals surface area contributed by atoms with Crippen LogP contribution < -0.4 is 21.4 Å². The van der Waals surface area contributed by atoms with Gasteiger partial charge >= 0.3 is 11.9 Å². The number of rotatable bonds is 10. The summed E-state index contributed by atoms with van der Waals surface area (Å²) in [7, 11) is 4.54. The van der Waals surface area contributed by atoms with Gasteiger partial charge in [-0.25, -0.2) is 0 Å². The Morgan fingerprint density at radius 1 is 0.609 bits per heavy atom. The Morgan fingerprint density at radius 3 is 1.65 bits per heavy atom. The summed E-state index contributed by atoms with van der Waals surface area (Å²) in [4.78, 5) is 39.1. The Kier molecular flexibility index (Phi) is 9.72. The van der Waals surface area contributed by atoms with E-state index in [1.807, 2.05) is 6.08 Å². The number of hydrogen-bond donors (Lipinski definition) is 4. The van der Waals surface area contributed by atoms with Gasteiger partial charge in [0, 0.05) is 69.7 Å². The van der Waals surface area contributed by atoms with Crippen molar-refractivity contribution in [3.05, 3.63) is 95.3 Å². The highest BCUT2D eigenvalue weighted by Gasteiger charge is 2.18. The van der Waals surface area contributed by atoms with E-state index in [0.29, 0.717) is 19.4 Å². The molecule has 46 heavy (non-hydrogen) atoms. The molecule has 0 amide bonds. The number of carbonyl (C=O) groups excluding carboxylic acids is 2. The van der Waals surface area contributed by atoms with Gasteiger partial charge in [-0.15, -0.1) is 0 Å². The predicted molar refractivity (Wildman–Crippen MR) is 181 cm³/mol. The molecule has 4 N–H and O–H groups in total. The maximum atomic E-state index is 12.2. The monoisotopic (exact) mass is 624 g/mol. The van der Waals surface area contributed by atoms with Gasteiger partial charge in [0.15, 0.2) is 0 Å². The van der Waals surface area contributed by atoms with Crippen LogP contribution in [0.5, 0.6) is 0 Å². The van der Waals surface area contributed by atoms with Crippen LogP contribution in [0.2, 0.25) is 0 Å². The molecule has 0 spiro atoms. The Labute approximate surface area is 268 Å². The molecular weight excluding hydrogens is 580 g/mol. The Balaban J connectivity index is 1.88. The van der Waals surface area contributed by atoms with Gasteiger partial charge in [-0.3, -0.25) is 9.59 Å². The molecule has 5 rings (SSSR count). The zero-order chi connectivity index (χ0) is 33.1. The fourth-order valence-electron chi connectivity index (χ4n) is 6.42. The third-order valence-electron chi connectivity index (χ3n) is 9.25. The summed E-state index contributed by atoms with van der Waals surface area (Å²) < 4.78 is 15.4. The third-order valence-corrected chi connectivity index (χ3v) is 9.25. The minimum absolute atomic E-state index is 0.257. The van der Waals surface area contributed by atoms with E-state index in [-0.39, 0.29) is 24.8 Å². The van der Waals surface area contributed by atoms with E-state index in [2.05, 4.69) is 78.5 Å². The van der Waals surface area contributed by atoms with Gasteiger partial charge in [-0.05, 0) is 110 Å². The Bertz CT molecular complexity index is 2070. The number of hydrogen-bond acceptors (Lipinski definition) is 5. The van der Waals surface area contributed by atoms with Gasteiger partial charge in [-0.2, -0.15) is 0 Å². The maximum Gasteiger partial charge on any atom is 0.305 e. The van der Waals surface area contributed by atoms with Crippen molar-refractivity contribution in [2.24, 2.45) is 0 Å². The second kappa shape index (κ2) is 13.7. The van der Waals surface area contributed by atoms with Crippen LogP contribution in [-0.2, 0) is 43.1 Å². The van der Waals surface area contributed by atoms with Crippen molar-refractivity contribution in [3.8, 4) is 0 Å². The van der Waals surface area contributed by atoms with Crippen LogP contribution in [0.1, 0.15) is 80.1 Å². The molecule has 0 aromatic carbocycles. The number of aromatic amines is 4. The summed E-state index contributed by atoms with van der Waals surface area (Å²) in [5.41, 5.74) is 12.4. The summed E-state index contributed by atoms with van der Waals surface area (Å²) in [5, 5.41) is 3.84. The Hall–Kier alpha value is -4.76. The fourth-order valence-corrected chi connectivity index (χ4v) is 6.42. The van der Waals surface area contributed by atoms with Crippen LogP contribution in [0.25, 0.3) is 30.4 Å². The highest BCUT2D eigenvalue weighted by molar-refractivity contribution is 5.73. The number of carbonyl (C=O) groups is 2. The van der Waals surface area contributed by atoms with Crippen molar-refractivity contribution in [2.45, 2.75) is 59.8 Å². The minimum atomic E-state index is -0.262. The van der Waals surface area contributed by atoms with Crippen molar-refractivity contribution < 1.29 is 23.8 Å². The van der Waals surface area contributed by atoms with Crippen molar-refractivity contribution >= 4 is 42.3 Å². The number of H-pyrrole nitrogens is 4. The second-order valence-corrected chi connectivity index (χ2v) is 11.8. The van der Waals surface area contributed by atoms with E-state index in [0.717, 1.165) is 89.5 Å². The Morgan fingerprint density at radius 2 is 1.09 bits per heavy atom. The lowest BCUT2D eigenvalue weighted by atomic mass is 10.0. The first-order valence-corrected chi connectivity index (χ1v) is 15.6. The third kappa shape index (κ3) is 6.33. The van der Waals surface area contributed by atoms with Crippen molar-refractivity contribution in [1.29, 1.82) is 0 Å². The first kappa shape index (κ1) is 32.6. The van der Waals surface area contributed by atoms with Crippen LogP contribution in [0.3, 0.4) is 0 Å². The molecule has 0 saturated heterocycles. The number of fused-ring (bicyclic) bond motifs is 8. The van der Waals surface area contributed by atoms with E-state index in [9.17, 15) is 9.59 Å². The molecule has 0 atom stereocenters. The van der Waals surface area contributed by atoms with Crippen molar-refractivity contribution in [2.75, 3.05) is 27.9 Å². The first-order chi connectivity index (χ1) is 22.1. The molecule has 9 nitrogen and oxygen atoms in total. The molecule has 1 aliphatic heterocycles. The molecule has 0 aliphatic carbocycles. The van der Waals surface area contributed by atoms with E-state index >= 15 is 0 Å². The van der Waals surface area contributed by atoms with Crippen LogP contribution >= 0.6 is 0 Å². The van der Waals surface area contributed by atoms with E-state index in [1.165, 1.54) is 19.8 Å². The lowest BCUT2D eigenvalue weighted by Crippen LogP contribution is -2.14. The zero-order valence-corrected chi connectivity index (χ0v) is 27.9. The number of ether oxygens (including phenoxy) is 3. The van der Waals surface area contributed by atoms with Crippen molar-refractivity contribution in [3.63, 3.8) is 0 Å². The van der Waals surface area contributed by atoms with Crippen LogP contribution in [0.4, 0.5) is 0 Å². The summed E-state index contributed by atoms with van der Waals surface area (Å²) >= 11 is 0. The van der Waals surface area contributed by atoms with Gasteiger partial charge < -0.3 is 34.1 Å². The average Bonchev–Trinajstić information content (AvgIpc) is 3.70. The summed E-state index contributed by atoms with van der Waals surface area (Å²) in [6, 6.07) is 0. The van der Waals surface area contributed by atoms with Gasteiger partial charge in [0.25, 0.3) is 0 Å². The lowest BCUT2D eigenvalue weighted by molar-refractivity contribution is -0.141. The highest BCUT2D eigenvalue weighted by atomic mass is 16.5. The zero-order valence-electron chi connectivity index (χ0n) is 27.9. The molecule has 0 unspecified atom stereocenters. The van der Waals surface area contributed by atoms with Gasteiger partial charge in [-0.1, -0.05) is 12.7 Å². The second-order valence-electron chi connectivity index (χ2n) is 11.8. The molecule has 1 aliphatic rings. The van der Waals surface area contributed by atoms with Gasteiger partial charge in [0.05, 0.1) is 20.8 Å². The number of nitrogens with one attached hydrogen (secondary N) is 4. The average molecular weight is 625 g/mol. The van der Waals surface area contributed by atoms with E-state index in [4.69, 9.17) is 14.2 Å². The minimum Gasteiger partial charge on any atom is -0.469 e. The molecule has 4 aromatic heterocycles. The summed E-state index contributed by atoms with van der Waals surface area (Å²) in [5.74, 6) is -0.522. The molecule has 4 aromatic rings. The number of esters is 2. The van der Waals surface area contributed by atoms with Crippen molar-refractivity contribution in [1.82, 2.24) is 19.9 Å². The molecule has 0 saturated carbocycles. The van der Waals surface area contributed by atoms with Crippen LogP contribution in [-0.4, -0.2) is 59.8 Å². The molecule has 242 valence electrons. The number of methoxy groups -OCH3 is 3. The maximum absolute atomic E-state index is 12.2. The largest absolute Gasteiger partial charge is 0.469 e. The fraction of sp³-hybridized carbons (Fsp3) is 0.351. The quantitative estimate of drug-likeness (QED) is 0.178. The SMILES string of the molecule is C=Cc1c2[nH]c(c1C)C=c1[nH]c(c(CCC(=O)OC)c1C)=Cc1[nH]c(c(C)c1CCC(=O)OC)C=c1[nH]c(c(C)c1CCOC)=C2. The first-order valence-electron chi connectivity index (χ1n) is 15.6. The molecule has 5 heterocycles. The van der Waals surface area contributed by atoms with Crippen LogP contribution in [0.15, 0.2) is 6.58 Å². The smallest absolute Gasteiger partial charge is 0.305 e. The summed E-state index contributed by atoms with van der Waals surface area (Å²) in [6.45, 7) is 13.1. The molecule has 0 radical (unpaired) electrons. The standard InChI is InChI=1S/C37H44N4O5/c1-9-24-20(2)28-16-29-21(3)25(10-12-36(42)45-7)34(39-29)19-35-26(11-13-37(43)46-8)22(4)31(41-35)18-33-27(14-15-44-6)23(5)30(40-33)17-32(24)38-28/h9,16-19,38-41H,1,10-15H2,2-8H3. The van der Waals surface area contributed by atoms with E-state index < -0.39 is 0 Å². The van der Waals surface area contributed by atoms with E-state index in [1.54, 1.807) is 7.11 Å². The summed E-state index contributed by atoms with van der Waals surface area (Å²) in [6.07, 6.45) is 12.7.